The van der Waals surface area contributed by atoms with Gasteiger partial charge >= 0.3 is 0 Å². The van der Waals surface area contributed by atoms with Crippen molar-refractivity contribution in [2.24, 2.45) is 0 Å². The van der Waals surface area contributed by atoms with Gasteiger partial charge in [-0.25, -0.2) is 0 Å². The Bertz CT molecular complexity index is 2020. The van der Waals surface area contributed by atoms with Crippen LogP contribution in [0.2, 0.25) is 0 Å². The van der Waals surface area contributed by atoms with Crippen LogP contribution in [0.5, 0.6) is 0 Å². The van der Waals surface area contributed by atoms with Crippen LogP contribution in [0.25, 0.3) is 0 Å². The molecule has 33 heavy (non-hydrogen) atoms. The van der Waals surface area contributed by atoms with E-state index in [1.807, 2.05) is 5.32 Å². The number of hydrogen-bond acceptors (Lipinski definition) is 6. The Hall–Kier alpha value is -3.23. The molecule has 0 spiro atoms. The lowest BCUT2D eigenvalue weighted by Gasteiger charge is -2.29. The van der Waals surface area contributed by atoms with Crippen LogP contribution < -0.4 is 10.6 Å². The van der Waals surface area contributed by atoms with E-state index in [1.54, 1.807) is 5.32 Å². The van der Waals surface area contributed by atoms with Crippen molar-refractivity contribution in [3.63, 3.8) is 0 Å². The fourth-order valence-electron chi connectivity index (χ4n) is 2.97. The minimum absolute atomic E-state index is 0.0460. The molecule has 1 unspecified atom stereocenters. The average molecular weight is 471 g/mol. The molecular weight excluding hydrogens is 420 g/mol. The summed E-state index contributed by atoms with van der Waals surface area (Å²) < 4.78 is 190. The smallest absolute Gasteiger partial charge is 0.255 e. The zero-order valence-electron chi connectivity index (χ0n) is 38.4. The molecule has 8 heteroatoms. The molecule has 2 fully saturated rings. The highest BCUT2D eigenvalue weighted by molar-refractivity contribution is 6.06. The van der Waals surface area contributed by atoms with Gasteiger partial charge in [0, 0.05) is 63.9 Å². The van der Waals surface area contributed by atoms with Crippen molar-refractivity contribution >= 4 is 23.4 Å². The van der Waals surface area contributed by atoms with Crippen LogP contribution in [0.1, 0.15) is 70.0 Å². The number of imide groups is 1. The first kappa shape index (κ1) is 7.92. The number of anilines is 1. The summed E-state index contributed by atoms with van der Waals surface area (Å²) in [5.74, 6) is -3.81. The Kier molecular flexibility index (Phi) is 2.24. The van der Waals surface area contributed by atoms with Crippen LogP contribution >= 0.6 is 0 Å². The Balaban J connectivity index is 1.69. The number of hydrogen-bond donors (Lipinski definition) is 2. The fourth-order valence-corrected chi connectivity index (χ4v) is 2.97. The van der Waals surface area contributed by atoms with Gasteiger partial charge in [-0.05, 0) is 29.6 Å². The molecule has 5 rings (SSSR count). The second-order valence-electron chi connectivity index (χ2n) is 6.55. The maximum absolute atomic E-state index is 13.7. The zero-order chi connectivity index (χ0) is 42.4. The van der Waals surface area contributed by atoms with E-state index in [-0.39, 0.29) is 4.90 Å². The molecule has 3 aliphatic rings. The van der Waals surface area contributed by atoms with Crippen molar-refractivity contribution in [2.45, 2.75) is 38.4 Å². The van der Waals surface area contributed by atoms with E-state index in [2.05, 4.69) is 4.74 Å². The summed E-state index contributed by atoms with van der Waals surface area (Å²) in [4.78, 5) is 37.7. The van der Waals surface area contributed by atoms with Gasteiger partial charge in [0.05, 0.1) is 35.1 Å². The van der Waals surface area contributed by atoms with E-state index in [9.17, 15) is 14.4 Å². The first-order chi connectivity index (χ1) is 24.6. The first-order valence-electron chi connectivity index (χ1n) is 20.3. The van der Waals surface area contributed by atoms with E-state index in [1.165, 1.54) is 0 Å². The Morgan fingerprint density at radius 3 is 2.67 bits per heavy atom. The third-order valence-corrected chi connectivity index (χ3v) is 4.47. The minimum atomic E-state index is -3.97. The van der Waals surface area contributed by atoms with Gasteiger partial charge in [-0.2, -0.15) is 0 Å². The number of nitrogens with one attached hydrogen (secondary N) is 2. The van der Waals surface area contributed by atoms with Gasteiger partial charge in [0.25, 0.3) is 5.91 Å². The second kappa shape index (κ2) is 9.33. The van der Waals surface area contributed by atoms with Crippen molar-refractivity contribution in [1.82, 2.24) is 15.1 Å². The van der Waals surface area contributed by atoms with E-state index < -0.39 is 157 Å². The monoisotopic (exact) mass is 470 g/mol. The first-order valence-corrected chi connectivity index (χ1v) is 9.32. The molecule has 172 valence electrons. The molecule has 0 radical (unpaired) electrons. The van der Waals surface area contributed by atoms with E-state index in [0.29, 0.717) is 0 Å². The number of carbonyl (C=O) groups is 3. The topological polar surface area (TPSA) is 91.0 Å². The second-order valence-corrected chi connectivity index (χ2v) is 6.55. The third kappa shape index (κ3) is 4.62. The highest BCUT2D eigenvalue weighted by atomic mass is 16.5. The number of rotatable bonds is 6. The number of morpholine rings is 1. The van der Waals surface area contributed by atoms with Gasteiger partial charge in [-0.1, -0.05) is 30.2 Å². The van der Waals surface area contributed by atoms with Gasteiger partial charge in [-0.3, -0.25) is 24.6 Å². The lowest BCUT2D eigenvalue weighted by Crippen LogP contribution is -2.52. The van der Waals surface area contributed by atoms with Crippen molar-refractivity contribution in [1.29, 1.82) is 0 Å². The van der Waals surface area contributed by atoms with E-state index in [4.69, 9.17) is 30.2 Å². The number of piperidine rings is 1. The molecule has 1 atom stereocenters. The van der Waals surface area contributed by atoms with Crippen LogP contribution in [0, 0.1) is 0 Å². The number of nitrogens with zero attached hydrogens (tertiary/aromatic N) is 2. The molecule has 2 aromatic carbocycles. The molecular formula is C25H28N4O4. The molecule has 0 bridgehead atoms. The number of ether oxygens (including phenoxy) is 1. The number of carbonyl (C=O) groups excluding carboxylic acids is 3. The van der Waals surface area contributed by atoms with Crippen LogP contribution in [0.4, 0.5) is 5.69 Å². The molecule has 0 saturated carbocycles. The normalized spacial score (nSPS) is 41.6. The lowest BCUT2D eigenvalue weighted by atomic mass is 10.0. The van der Waals surface area contributed by atoms with Crippen molar-refractivity contribution < 1.29 is 49.3 Å². The number of amides is 3. The molecule has 8 nitrogen and oxygen atoms in total. The van der Waals surface area contributed by atoms with Crippen molar-refractivity contribution in [2.75, 3.05) is 31.4 Å². The average Bonchev–Trinajstić information content (AvgIpc) is 3.22. The Morgan fingerprint density at radius 1 is 1.15 bits per heavy atom. The van der Waals surface area contributed by atoms with Crippen molar-refractivity contribution in [3.05, 3.63) is 64.6 Å². The number of fused-ring (bicyclic) bond motifs is 1. The van der Waals surface area contributed by atoms with Crippen LogP contribution in [-0.2, 0) is 33.8 Å². The highest BCUT2D eigenvalue weighted by Crippen LogP contribution is 2.32. The Morgan fingerprint density at radius 2 is 1.91 bits per heavy atom. The van der Waals surface area contributed by atoms with E-state index in [0.717, 1.165) is 0 Å². The molecule has 2 saturated heterocycles. The zero-order valence-corrected chi connectivity index (χ0v) is 16.4. The molecule has 0 aromatic heterocycles. The summed E-state index contributed by atoms with van der Waals surface area (Å²) in [7, 11) is 0. The van der Waals surface area contributed by atoms with Gasteiger partial charge in [0.15, 0.2) is 0 Å². The fraction of sp³-hybridized carbons (Fsp3) is 0.400. The maximum Gasteiger partial charge on any atom is 0.255 e. The number of benzene rings is 2. The van der Waals surface area contributed by atoms with Crippen molar-refractivity contribution in [3.8, 4) is 0 Å². The van der Waals surface area contributed by atoms with Gasteiger partial charge < -0.3 is 15.0 Å². The van der Waals surface area contributed by atoms with E-state index >= 15 is 0 Å². The van der Waals surface area contributed by atoms with Crippen LogP contribution in [-0.4, -0.2) is 59.7 Å². The van der Waals surface area contributed by atoms with Crippen LogP contribution in [0.15, 0.2) is 42.3 Å². The Labute approximate surface area is 223 Å². The molecule has 3 aliphatic heterocycles. The van der Waals surface area contributed by atoms with Crippen LogP contribution in [0.3, 0.4) is 0 Å². The molecule has 2 N–H and O–H groups in total. The summed E-state index contributed by atoms with van der Waals surface area (Å²) in [6, 6.07) is -12.1. The largest absolute Gasteiger partial charge is 0.381 e. The quantitative estimate of drug-likeness (QED) is 0.627. The van der Waals surface area contributed by atoms with Gasteiger partial charge in [0.2, 0.25) is 11.8 Å². The highest BCUT2D eigenvalue weighted by Gasteiger charge is 2.39. The SMILES string of the molecule is [2H]c1c([2H])c(NC([2H])([2H])c2c([2H])c([2H])c(C([2H])([2H])N3C([2H])([2H])C([2H])([2H])OC([2H])([2H])C3([2H])[2H])c([2H])c2[2H])c2c(c1[2H])C(=O)N(C1([2H])CCC(=O)NC1=O)C2([2H])[2H]. The maximum atomic E-state index is 13.7. The molecule has 3 amide bonds. The third-order valence-electron chi connectivity index (χ3n) is 4.47. The summed E-state index contributed by atoms with van der Waals surface area (Å²) in [6.07, 6.45) is -1.26. The molecule has 3 heterocycles. The predicted octanol–water partition coefficient (Wildman–Crippen LogP) is 1.89. The lowest BCUT2D eigenvalue weighted by molar-refractivity contribution is -0.136. The predicted molar refractivity (Wildman–Crippen MR) is 122 cm³/mol. The summed E-state index contributed by atoms with van der Waals surface area (Å²) in [5.41, 5.74) is -5.97. The summed E-state index contributed by atoms with van der Waals surface area (Å²) >= 11 is 0. The minimum Gasteiger partial charge on any atom is -0.381 e. The standard InChI is InChI=1S/C25H28N4O4/c30-23-9-8-22(24(31)27-23)29-16-20-19(25(29)32)2-1-3-21(20)26-14-17-4-6-18(7-5-17)15-28-10-12-33-13-11-28/h1-7,22,26H,8-16H2,(H,27,30,31)/i1D,2D,3D,4D,5D,6D,7D,10D2,11D2,12D2,13D2,14D2,15D2,16D2,22D. The molecule has 0 aliphatic carbocycles. The van der Waals surface area contributed by atoms with Gasteiger partial charge in [0.1, 0.15) is 6.02 Å². The summed E-state index contributed by atoms with van der Waals surface area (Å²) in [5, 5.41) is 3.77. The molecule has 2 aromatic rings. The summed E-state index contributed by atoms with van der Waals surface area (Å²) in [6.45, 7) is -26.3. The van der Waals surface area contributed by atoms with Gasteiger partial charge in [-0.15, -0.1) is 0 Å².